The van der Waals surface area contributed by atoms with Gasteiger partial charge in [-0.2, -0.15) is 0 Å². The van der Waals surface area contributed by atoms with E-state index in [0.717, 1.165) is 0 Å². The highest BCUT2D eigenvalue weighted by atomic mass is 19.1. The normalized spacial score (nSPS) is 6.00. The molecule has 40 valence electrons. The van der Waals surface area contributed by atoms with E-state index in [1.165, 1.54) is 6.92 Å². The van der Waals surface area contributed by atoms with E-state index < -0.39 is 0 Å². The molecule has 0 aliphatic heterocycles. The second-order valence-electron chi connectivity index (χ2n) is 0.583. The summed E-state index contributed by atoms with van der Waals surface area (Å²) in [7, 11) is 0. The van der Waals surface area contributed by atoms with Gasteiger partial charge in [-0.3, -0.25) is 4.39 Å². The molecule has 0 saturated carbocycles. The lowest BCUT2D eigenvalue weighted by Gasteiger charge is -1.52. The summed E-state index contributed by atoms with van der Waals surface area (Å²) in [5.74, 6) is 0. The molecule has 1 N–H and O–H groups in total. The summed E-state index contributed by atoms with van der Waals surface area (Å²) in [5, 5.41) is 7.57. The minimum atomic E-state index is -0.250. The minimum Gasteiger partial charge on any atom is -0.397 e. The van der Waals surface area contributed by atoms with E-state index in [1.807, 2.05) is 0 Å². The SMILES string of the molecule is CCF.CCO. The quantitative estimate of drug-likeness (QED) is 0.474. The maximum atomic E-state index is 10.3. The van der Waals surface area contributed by atoms with Crippen molar-refractivity contribution in [3.8, 4) is 0 Å². The molecule has 0 spiro atoms. The Morgan fingerprint density at radius 3 is 1.50 bits per heavy atom. The first kappa shape index (κ1) is 9.31. The van der Waals surface area contributed by atoms with Crippen molar-refractivity contribution in [1.82, 2.24) is 0 Å². The van der Waals surface area contributed by atoms with E-state index in [-0.39, 0.29) is 13.3 Å². The van der Waals surface area contributed by atoms with Crippen LogP contribution in [0.5, 0.6) is 0 Å². The van der Waals surface area contributed by atoms with Crippen LogP contribution in [0.1, 0.15) is 13.8 Å². The number of halogens is 1. The van der Waals surface area contributed by atoms with Gasteiger partial charge in [-0.15, -0.1) is 0 Å². The maximum absolute atomic E-state index is 10.3. The Morgan fingerprint density at radius 1 is 1.50 bits per heavy atom. The second kappa shape index (κ2) is 20.7. The van der Waals surface area contributed by atoms with E-state index in [9.17, 15) is 4.39 Å². The monoisotopic (exact) mass is 94.1 g/mol. The largest absolute Gasteiger partial charge is 0.397 e. The fourth-order valence-electron chi connectivity index (χ4n) is 0. The van der Waals surface area contributed by atoms with E-state index in [0.29, 0.717) is 0 Å². The highest BCUT2D eigenvalue weighted by Gasteiger charge is 1.39. The van der Waals surface area contributed by atoms with Gasteiger partial charge < -0.3 is 5.11 Å². The summed E-state index contributed by atoms with van der Waals surface area (Å²) >= 11 is 0. The van der Waals surface area contributed by atoms with E-state index in [1.54, 1.807) is 6.92 Å². The molecule has 0 unspecified atom stereocenters. The number of hydrogen-bond acceptors (Lipinski definition) is 1. The number of aliphatic hydroxyl groups excluding tert-OH is 1. The molecule has 0 aromatic rings. The minimum absolute atomic E-state index is 0.250. The van der Waals surface area contributed by atoms with E-state index in [2.05, 4.69) is 0 Å². The van der Waals surface area contributed by atoms with Gasteiger partial charge >= 0.3 is 0 Å². The molecule has 0 aliphatic rings. The first-order chi connectivity index (χ1) is 2.83. The van der Waals surface area contributed by atoms with Crippen molar-refractivity contribution in [2.24, 2.45) is 0 Å². The zero-order valence-electron chi connectivity index (χ0n) is 4.24. The van der Waals surface area contributed by atoms with Crippen molar-refractivity contribution in [3.05, 3.63) is 0 Å². The van der Waals surface area contributed by atoms with Crippen LogP contribution in [0.4, 0.5) is 4.39 Å². The van der Waals surface area contributed by atoms with Crippen molar-refractivity contribution < 1.29 is 9.50 Å². The Morgan fingerprint density at radius 2 is 1.50 bits per heavy atom. The summed E-state index contributed by atoms with van der Waals surface area (Å²) in [4.78, 5) is 0. The maximum Gasteiger partial charge on any atom is 0.0866 e. The predicted molar refractivity (Wildman–Crippen MR) is 24.4 cm³/mol. The summed E-state index contributed by atoms with van der Waals surface area (Å²) in [6, 6.07) is 0. The summed E-state index contributed by atoms with van der Waals surface area (Å²) in [6.07, 6.45) is 0. The third kappa shape index (κ3) is 2690. The zero-order valence-corrected chi connectivity index (χ0v) is 4.24. The lowest BCUT2D eigenvalue weighted by atomic mass is 10.9. The van der Waals surface area contributed by atoms with Gasteiger partial charge in [0.25, 0.3) is 0 Å². The van der Waals surface area contributed by atoms with Crippen LogP contribution in [0.25, 0.3) is 0 Å². The highest BCUT2D eigenvalue weighted by Crippen LogP contribution is 1.48. The molecule has 0 aliphatic carbocycles. The topological polar surface area (TPSA) is 20.2 Å². The average Bonchev–Trinajstić information content (AvgIpc) is 1.39. The number of rotatable bonds is 0. The third-order valence-electron chi connectivity index (χ3n) is 0. The van der Waals surface area contributed by atoms with Crippen molar-refractivity contribution >= 4 is 0 Å². The van der Waals surface area contributed by atoms with Gasteiger partial charge in [0.2, 0.25) is 0 Å². The molecular weight excluding hydrogens is 83.0 g/mol. The Balaban J connectivity index is 0. The first-order valence-electron chi connectivity index (χ1n) is 2.00. The van der Waals surface area contributed by atoms with Crippen LogP contribution < -0.4 is 0 Å². The highest BCUT2D eigenvalue weighted by molar-refractivity contribution is 3.86. The van der Waals surface area contributed by atoms with Gasteiger partial charge in [-0.05, 0) is 13.8 Å². The van der Waals surface area contributed by atoms with Crippen LogP contribution in [-0.2, 0) is 0 Å². The Labute approximate surface area is 37.8 Å². The van der Waals surface area contributed by atoms with E-state index >= 15 is 0 Å². The van der Waals surface area contributed by atoms with Crippen molar-refractivity contribution in [2.45, 2.75) is 13.8 Å². The molecule has 0 saturated heterocycles. The molecule has 0 radical (unpaired) electrons. The average molecular weight is 94.1 g/mol. The number of hydrogen-bond donors (Lipinski definition) is 1. The predicted octanol–water partition coefficient (Wildman–Crippen LogP) is 0.974. The van der Waals surface area contributed by atoms with Crippen molar-refractivity contribution in [1.29, 1.82) is 0 Å². The Bertz CT molecular complexity index is 9.51. The van der Waals surface area contributed by atoms with Crippen LogP contribution in [-0.4, -0.2) is 18.4 Å². The van der Waals surface area contributed by atoms with Crippen LogP contribution >= 0.6 is 0 Å². The summed E-state index contributed by atoms with van der Waals surface area (Å²) < 4.78 is 10.3. The molecule has 0 fully saturated rings. The lowest BCUT2D eigenvalue weighted by Crippen LogP contribution is -1.57. The van der Waals surface area contributed by atoms with Gasteiger partial charge in [-0.1, -0.05) is 0 Å². The van der Waals surface area contributed by atoms with Gasteiger partial charge in [0.15, 0.2) is 0 Å². The van der Waals surface area contributed by atoms with Gasteiger partial charge in [0.1, 0.15) is 0 Å². The molecule has 0 amide bonds. The molecule has 0 atom stereocenters. The summed E-state index contributed by atoms with van der Waals surface area (Å²) in [6.45, 7) is 3.14. The van der Waals surface area contributed by atoms with Gasteiger partial charge in [0, 0.05) is 6.61 Å². The summed E-state index contributed by atoms with van der Waals surface area (Å²) in [5.41, 5.74) is 0. The molecule has 0 bridgehead atoms. The van der Waals surface area contributed by atoms with Crippen LogP contribution in [0.3, 0.4) is 0 Å². The van der Waals surface area contributed by atoms with Crippen LogP contribution in [0, 0.1) is 0 Å². The molecule has 0 rings (SSSR count). The van der Waals surface area contributed by atoms with E-state index in [4.69, 9.17) is 5.11 Å². The molecule has 2 heteroatoms. The van der Waals surface area contributed by atoms with Crippen LogP contribution in [0.2, 0.25) is 0 Å². The smallest absolute Gasteiger partial charge is 0.0866 e. The molecule has 0 aromatic carbocycles. The van der Waals surface area contributed by atoms with Crippen molar-refractivity contribution in [3.63, 3.8) is 0 Å². The number of aliphatic hydroxyl groups is 1. The fourth-order valence-corrected chi connectivity index (χ4v) is 0. The third-order valence-corrected chi connectivity index (χ3v) is 0. The zero-order chi connectivity index (χ0) is 5.41. The molecule has 1 nitrogen and oxygen atoms in total. The standard InChI is InChI=1S/C2H5F.C2H6O/c2*1-2-3/h2H2,1H3;3H,2H2,1H3. The fraction of sp³-hybridized carbons (Fsp3) is 1.00. The lowest BCUT2D eigenvalue weighted by molar-refractivity contribution is 0.318. The molecule has 6 heavy (non-hydrogen) atoms. The Hall–Kier alpha value is -0.110. The Kier molecular flexibility index (Phi) is 32.1. The van der Waals surface area contributed by atoms with Gasteiger partial charge in [-0.25, -0.2) is 0 Å². The second-order valence-corrected chi connectivity index (χ2v) is 0.583. The first-order valence-corrected chi connectivity index (χ1v) is 2.00. The van der Waals surface area contributed by atoms with Crippen molar-refractivity contribution in [2.75, 3.05) is 13.3 Å². The van der Waals surface area contributed by atoms with Gasteiger partial charge in [0.05, 0.1) is 6.67 Å². The molecule has 0 aromatic heterocycles. The van der Waals surface area contributed by atoms with Crippen LogP contribution in [0.15, 0.2) is 0 Å². The number of alkyl halides is 1. The molecule has 0 heterocycles. The molecular formula is C4H11FO.